The van der Waals surface area contributed by atoms with Gasteiger partial charge in [-0.25, -0.2) is 0 Å². The summed E-state index contributed by atoms with van der Waals surface area (Å²) in [6, 6.07) is 12.4. The fourth-order valence-corrected chi connectivity index (χ4v) is 13.5. The van der Waals surface area contributed by atoms with E-state index in [0.717, 1.165) is 0 Å². The van der Waals surface area contributed by atoms with Gasteiger partial charge in [0.05, 0.1) is 0 Å². The van der Waals surface area contributed by atoms with Crippen molar-refractivity contribution >= 4 is 39.7 Å². The zero-order valence-corrected chi connectivity index (χ0v) is 20.3. The van der Waals surface area contributed by atoms with Crippen molar-refractivity contribution in [3.63, 3.8) is 0 Å². The van der Waals surface area contributed by atoms with Crippen LogP contribution < -0.4 is 9.00 Å². The van der Waals surface area contributed by atoms with Crippen LogP contribution in [0.15, 0.2) is 35.0 Å². The highest BCUT2D eigenvalue weighted by atomic mass is 32.1. The second kappa shape index (κ2) is 13.7. The summed E-state index contributed by atoms with van der Waals surface area (Å²) < 4.78 is 3.49. The summed E-state index contributed by atoms with van der Waals surface area (Å²) in [5, 5.41) is 4.63. The zero-order valence-electron chi connectivity index (χ0n) is 17.7. The first-order valence-corrected chi connectivity index (χ1v) is 15.6. The molecule has 0 saturated carbocycles. The topological polar surface area (TPSA) is 0 Å². The van der Waals surface area contributed by atoms with Crippen molar-refractivity contribution in [3.05, 3.63) is 35.0 Å². The van der Waals surface area contributed by atoms with E-state index in [1.165, 1.54) is 89.1 Å². The van der Waals surface area contributed by atoms with Crippen LogP contribution in [0.4, 0.5) is 0 Å². The highest BCUT2D eigenvalue weighted by Gasteiger charge is 2.38. The summed E-state index contributed by atoms with van der Waals surface area (Å²) in [6.07, 6.45) is 17.0. The number of hydrogen-bond acceptors (Lipinski definition) is 2. The number of rotatable bonds is 16. The minimum absolute atomic E-state index is 1.35. The Labute approximate surface area is 177 Å². The van der Waals surface area contributed by atoms with Crippen LogP contribution in [0.5, 0.6) is 0 Å². The van der Waals surface area contributed by atoms with Crippen LogP contribution >= 0.6 is 22.7 Å². The van der Waals surface area contributed by atoms with Crippen LogP contribution in [0.1, 0.15) is 90.9 Å². The predicted molar refractivity (Wildman–Crippen MR) is 130 cm³/mol. The van der Waals surface area contributed by atoms with E-state index >= 15 is 0 Å². The minimum Gasteiger partial charge on any atom is -0.153 e. The zero-order chi connectivity index (χ0) is 19.2. The molecule has 0 saturated heterocycles. The van der Waals surface area contributed by atoms with Crippen LogP contribution in [-0.2, 0) is 0 Å². The molecule has 0 spiro atoms. The van der Waals surface area contributed by atoms with Gasteiger partial charge in [0.2, 0.25) is 0 Å². The first kappa shape index (κ1) is 22.9. The van der Waals surface area contributed by atoms with E-state index in [-0.39, 0.29) is 0 Å². The lowest BCUT2D eigenvalue weighted by atomic mass is 10.1. The third-order valence-electron chi connectivity index (χ3n) is 5.90. The molecule has 2 rings (SSSR count). The monoisotopic (exact) mass is 420 g/mol. The molecule has 3 heteroatoms. The molecule has 2 aromatic rings. The van der Waals surface area contributed by atoms with E-state index in [0.29, 0.717) is 0 Å². The van der Waals surface area contributed by atoms with Crippen molar-refractivity contribution in [2.24, 2.45) is 0 Å². The molecule has 0 aromatic carbocycles. The van der Waals surface area contributed by atoms with E-state index < -0.39 is 8.07 Å². The summed E-state index contributed by atoms with van der Waals surface area (Å²) in [4.78, 5) is 0. The first-order valence-electron chi connectivity index (χ1n) is 11.4. The maximum absolute atomic E-state index is 2.46. The third-order valence-corrected chi connectivity index (χ3v) is 15.0. The maximum Gasteiger partial charge on any atom is 0.143 e. The van der Waals surface area contributed by atoms with Gasteiger partial charge in [0.15, 0.2) is 0 Å². The molecule has 0 nitrogen and oxygen atoms in total. The molecule has 0 unspecified atom stereocenters. The summed E-state index contributed by atoms with van der Waals surface area (Å²) in [6.45, 7) is 4.62. The molecule has 0 bridgehead atoms. The van der Waals surface area contributed by atoms with Gasteiger partial charge in [-0.2, -0.15) is 22.7 Å². The molecule has 0 fully saturated rings. The van der Waals surface area contributed by atoms with Crippen molar-refractivity contribution in [1.29, 1.82) is 0 Å². The van der Waals surface area contributed by atoms with E-state index in [1.54, 1.807) is 9.00 Å². The minimum atomic E-state index is -1.54. The van der Waals surface area contributed by atoms with Gasteiger partial charge in [-0.15, -0.1) is 0 Å². The van der Waals surface area contributed by atoms with Gasteiger partial charge in [0.25, 0.3) is 0 Å². The van der Waals surface area contributed by atoms with Gasteiger partial charge in [0.1, 0.15) is 8.07 Å². The SMILES string of the molecule is CCCCCCCC[Si](CCCCCCCC)(c1cccs1)c1cccs1. The molecule has 0 N–H and O–H groups in total. The Morgan fingerprint density at radius 3 is 1.37 bits per heavy atom. The van der Waals surface area contributed by atoms with Gasteiger partial charge in [-0.1, -0.05) is 115 Å². The van der Waals surface area contributed by atoms with Crippen LogP contribution in [0, 0.1) is 0 Å². The molecule has 0 radical (unpaired) electrons. The normalized spacial score (nSPS) is 11.9. The quantitative estimate of drug-likeness (QED) is 0.190. The summed E-state index contributed by atoms with van der Waals surface area (Å²) >= 11 is 4.08. The second-order valence-corrected chi connectivity index (χ2v) is 14.9. The molecule has 0 amide bonds. The van der Waals surface area contributed by atoms with Crippen molar-refractivity contribution in [2.45, 2.75) is 103 Å². The molecular weight excluding hydrogens is 380 g/mol. The average molecular weight is 421 g/mol. The Hall–Kier alpha value is -0.383. The summed E-state index contributed by atoms with van der Waals surface area (Å²) in [7, 11) is -1.54. The maximum atomic E-state index is 2.46. The fourth-order valence-electron chi connectivity index (χ4n) is 4.26. The van der Waals surface area contributed by atoms with Gasteiger partial charge in [0, 0.05) is 0 Å². The average Bonchev–Trinajstić information content (AvgIpc) is 3.40. The summed E-state index contributed by atoms with van der Waals surface area (Å²) in [5.74, 6) is 0. The van der Waals surface area contributed by atoms with Crippen LogP contribution in [0.2, 0.25) is 12.1 Å². The molecule has 2 heterocycles. The Kier molecular flexibility index (Phi) is 11.7. The van der Waals surface area contributed by atoms with Gasteiger partial charge >= 0.3 is 0 Å². The highest BCUT2D eigenvalue weighted by molar-refractivity contribution is 7.36. The van der Waals surface area contributed by atoms with Crippen LogP contribution in [-0.4, -0.2) is 8.07 Å². The molecule has 0 atom stereocenters. The number of thiophene rings is 2. The Balaban J connectivity index is 2.01. The molecule has 0 aliphatic heterocycles. The molecule has 0 aliphatic rings. The van der Waals surface area contributed by atoms with Crippen molar-refractivity contribution in [1.82, 2.24) is 0 Å². The van der Waals surface area contributed by atoms with E-state index in [9.17, 15) is 0 Å². The lowest BCUT2D eigenvalue weighted by Crippen LogP contribution is -2.55. The molecule has 2 aromatic heterocycles. The first-order chi connectivity index (χ1) is 13.3. The molecule has 152 valence electrons. The number of unbranched alkanes of at least 4 members (excludes halogenated alkanes) is 10. The van der Waals surface area contributed by atoms with Crippen LogP contribution in [0.3, 0.4) is 0 Å². The van der Waals surface area contributed by atoms with Crippen molar-refractivity contribution < 1.29 is 0 Å². The molecule has 27 heavy (non-hydrogen) atoms. The van der Waals surface area contributed by atoms with Crippen molar-refractivity contribution in [2.75, 3.05) is 0 Å². The standard InChI is InChI=1S/C24H40S2Si/c1-3-5-7-9-11-13-21-27(23-17-15-19-25-23,24-18-16-20-26-24)22-14-12-10-8-6-4-2/h15-20H,3-14,21-22H2,1-2H3. The second-order valence-electron chi connectivity index (χ2n) is 8.07. The smallest absolute Gasteiger partial charge is 0.143 e. The molecule has 0 aliphatic carbocycles. The Morgan fingerprint density at radius 2 is 1.00 bits per heavy atom. The van der Waals surface area contributed by atoms with Gasteiger partial charge in [-0.3, -0.25) is 0 Å². The highest BCUT2D eigenvalue weighted by Crippen LogP contribution is 2.27. The van der Waals surface area contributed by atoms with Gasteiger partial charge in [-0.05, 0) is 31.8 Å². The third kappa shape index (κ3) is 7.51. The predicted octanol–water partition coefficient (Wildman–Crippen LogP) is 8.09. The Morgan fingerprint density at radius 1 is 0.593 bits per heavy atom. The lowest BCUT2D eigenvalue weighted by Gasteiger charge is -2.30. The van der Waals surface area contributed by atoms with E-state index in [4.69, 9.17) is 0 Å². The van der Waals surface area contributed by atoms with Crippen molar-refractivity contribution in [3.8, 4) is 0 Å². The lowest BCUT2D eigenvalue weighted by molar-refractivity contribution is 0.616. The molecular formula is C24H40S2Si. The largest absolute Gasteiger partial charge is 0.153 e. The van der Waals surface area contributed by atoms with E-state index in [2.05, 4.69) is 48.9 Å². The Bertz CT molecular complexity index is 507. The fraction of sp³-hybridized carbons (Fsp3) is 0.667. The van der Waals surface area contributed by atoms with Crippen LogP contribution in [0.25, 0.3) is 0 Å². The summed E-state index contributed by atoms with van der Waals surface area (Å²) in [5.41, 5.74) is 0. The van der Waals surface area contributed by atoms with E-state index in [1.807, 2.05) is 22.7 Å². The van der Waals surface area contributed by atoms with Gasteiger partial charge < -0.3 is 0 Å². The number of hydrogen-bond donors (Lipinski definition) is 0.